The first-order valence-corrected chi connectivity index (χ1v) is 14.0. The molecule has 19 nitrogen and oxygen atoms in total. The Bertz CT molecular complexity index is 1250. The number of aliphatic hydroxyl groups excluding tert-OH is 5. The van der Waals surface area contributed by atoms with Gasteiger partial charge in [-0.25, -0.2) is 13.9 Å². The number of aromatic amines is 1. The van der Waals surface area contributed by atoms with Gasteiger partial charge in [-0.05, 0) is 0 Å². The molecule has 39 heavy (non-hydrogen) atoms. The van der Waals surface area contributed by atoms with Crippen LogP contribution in [0.2, 0.25) is 0 Å². The first-order chi connectivity index (χ1) is 18.1. The van der Waals surface area contributed by atoms with Crippen LogP contribution in [0.25, 0.3) is 0 Å². The highest BCUT2D eigenvalue weighted by Gasteiger charge is 2.49. The Labute approximate surface area is 218 Å². The molecule has 1 aromatic rings. The summed E-state index contributed by atoms with van der Waals surface area (Å²) in [5.41, 5.74) is -1.51. The molecular formula is C18H27N3O16P2. The highest BCUT2D eigenvalue weighted by atomic mass is 31.3. The predicted octanol–water partition coefficient (Wildman–Crippen LogP) is -4.22. The summed E-state index contributed by atoms with van der Waals surface area (Å²) in [5, 5.41) is 51.7. The van der Waals surface area contributed by atoms with Crippen molar-refractivity contribution in [3.63, 3.8) is 0 Å². The number of H-pyrrole nitrogens is 1. The molecule has 7 unspecified atom stereocenters. The third-order valence-electron chi connectivity index (χ3n) is 5.53. The highest BCUT2D eigenvalue weighted by molar-refractivity contribution is 7.61. The number of phosphoric ester groups is 2. The standard InChI is InChI=1S/C18H27N3O16P2/c1-2-8(22)6-19-13-14(25)15(26)16(27)35-17(13)36-39(31,32)37-38(29,30)33-7-10-9(23)5-12(34-10)21-4-3-11(24)20-18(21)28/h1,3-4,8-10,12-17,19,22-23,25-27H,5-7H2,(H,29,30)(H,31,32)(H,20,24,28)/t8?,9?,10-,12-,13?,14?,15-,16?,17-/m1/s1. The Morgan fingerprint density at radius 1 is 1.18 bits per heavy atom. The van der Waals surface area contributed by atoms with E-state index in [1.807, 2.05) is 10.9 Å². The molecule has 21 heteroatoms. The first kappa shape index (κ1) is 31.7. The largest absolute Gasteiger partial charge is 0.483 e. The molecule has 2 aliphatic rings. The lowest BCUT2D eigenvalue weighted by Crippen LogP contribution is -2.63. The molecule has 0 aromatic carbocycles. The molecule has 2 fully saturated rings. The minimum absolute atomic E-state index is 0.184. The van der Waals surface area contributed by atoms with E-state index >= 15 is 0 Å². The summed E-state index contributed by atoms with van der Waals surface area (Å²) in [4.78, 5) is 45.0. The van der Waals surface area contributed by atoms with Crippen molar-refractivity contribution in [2.24, 2.45) is 0 Å². The summed E-state index contributed by atoms with van der Waals surface area (Å²) in [6, 6.07) is -0.577. The first-order valence-electron chi connectivity index (χ1n) is 11.0. The van der Waals surface area contributed by atoms with Gasteiger partial charge in [-0.15, -0.1) is 6.42 Å². The Hall–Kier alpha value is -1.82. The summed E-state index contributed by atoms with van der Waals surface area (Å²) in [5.74, 6) is 1.93. The number of nitrogens with zero attached hydrogens (tertiary/aromatic N) is 1. The van der Waals surface area contributed by atoms with Gasteiger partial charge in [-0.1, -0.05) is 5.92 Å². The monoisotopic (exact) mass is 603 g/mol. The van der Waals surface area contributed by atoms with Crippen LogP contribution in [0.5, 0.6) is 0 Å². The lowest BCUT2D eigenvalue weighted by atomic mass is 10.0. The van der Waals surface area contributed by atoms with Crippen LogP contribution < -0.4 is 16.6 Å². The summed E-state index contributed by atoms with van der Waals surface area (Å²) in [7, 11) is -11.0. The van der Waals surface area contributed by atoms with Gasteiger partial charge in [0.15, 0.2) is 12.6 Å². The van der Waals surface area contributed by atoms with Gasteiger partial charge in [0, 0.05) is 25.2 Å². The van der Waals surface area contributed by atoms with E-state index in [0.717, 1.165) is 16.8 Å². The van der Waals surface area contributed by atoms with Crippen LogP contribution in [0.4, 0.5) is 0 Å². The number of phosphoric acid groups is 2. The van der Waals surface area contributed by atoms with Crippen molar-refractivity contribution >= 4 is 15.6 Å². The summed E-state index contributed by atoms with van der Waals surface area (Å²) >= 11 is 0. The fourth-order valence-electron chi connectivity index (χ4n) is 3.62. The van der Waals surface area contributed by atoms with E-state index in [1.165, 1.54) is 0 Å². The van der Waals surface area contributed by atoms with Gasteiger partial charge >= 0.3 is 21.3 Å². The molecule has 0 saturated carbocycles. The number of nitrogens with one attached hydrogen (secondary N) is 2. The number of aliphatic hydroxyl groups is 5. The molecule has 220 valence electrons. The van der Waals surface area contributed by atoms with Crippen LogP contribution in [0.15, 0.2) is 21.9 Å². The van der Waals surface area contributed by atoms with E-state index in [9.17, 15) is 54.0 Å². The molecule has 11 atom stereocenters. The lowest BCUT2D eigenvalue weighted by Gasteiger charge is -2.41. The minimum Gasteiger partial charge on any atom is -0.390 e. The summed E-state index contributed by atoms with van der Waals surface area (Å²) in [6.07, 6.45) is -7.22. The van der Waals surface area contributed by atoms with E-state index in [0.29, 0.717) is 0 Å². The van der Waals surface area contributed by atoms with Crippen molar-refractivity contribution < 1.29 is 67.3 Å². The maximum absolute atomic E-state index is 12.4. The topological polar surface area (TPSA) is 289 Å². The zero-order chi connectivity index (χ0) is 29.1. The molecule has 0 amide bonds. The molecule has 0 bridgehead atoms. The zero-order valence-corrected chi connectivity index (χ0v) is 21.5. The molecule has 2 aliphatic heterocycles. The van der Waals surface area contributed by atoms with Crippen LogP contribution in [-0.4, -0.2) is 107 Å². The smallest absolute Gasteiger partial charge is 0.390 e. The van der Waals surface area contributed by atoms with E-state index in [-0.39, 0.29) is 6.42 Å². The van der Waals surface area contributed by atoms with Crippen LogP contribution >= 0.6 is 15.6 Å². The Kier molecular flexibility index (Phi) is 10.4. The summed E-state index contributed by atoms with van der Waals surface area (Å²) in [6.45, 7) is -1.31. The van der Waals surface area contributed by atoms with E-state index in [4.69, 9.17) is 15.9 Å². The third-order valence-corrected chi connectivity index (χ3v) is 8.13. The van der Waals surface area contributed by atoms with Crippen molar-refractivity contribution in [2.75, 3.05) is 13.2 Å². The minimum atomic E-state index is -5.59. The third kappa shape index (κ3) is 8.34. The quantitative estimate of drug-likeness (QED) is 0.0855. The maximum atomic E-state index is 12.4. The Balaban J connectivity index is 1.61. The molecular weight excluding hydrogens is 576 g/mol. The maximum Gasteiger partial charge on any atom is 0.483 e. The van der Waals surface area contributed by atoms with Gasteiger partial charge in [0.1, 0.15) is 30.6 Å². The van der Waals surface area contributed by atoms with Crippen LogP contribution in [0.1, 0.15) is 12.6 Å². The average molecular weight is 603 g/mol. The zero-order valence-electron chi connectivity index (χ0n) is 19.7. The van der Waals surface area contributed by atoms with Crippen molar-refractivity contribution in [3.8, 4) is 12.3 Å². The van der Waals surface area contributed by atoms with Crippen LogP contribution in [-0.2, 0) is 32.0 Å². The number of hydrogen-bond acceptors (Lipinski definition) is 15. The number of aromatic nitrogens is 2. The Morgan fingerprint density at radius 3 is 2.51 bits per heavy atom. The fraction of sp³-hybridized carbons (Fsp3) is 0.667. The van der Waals surface area contributed by atoms with Crippen molar-refractivity contribution in [2.45, 2.75) is 61.8 Å². The summed E-state index contributed by atoms with van der Waals surface area (Å²) < 4.78 is 49.4. The van der Waals surface area contributed by atoms with Gasteiger partial charge in [0.25, 0.3) is 5.56 Å². The molecule has 0 radical (unpaired) electrons. The second-order valence-corrected chi connectivity index (χ2v) is 11.4. The molecule has 0 aliphatic carbocycles. The van der Waals surface area contributed by atoms with Crippen molar-refractivity contribution in [1.29, 1.82) is 0 Å². The van der Waals surface area contributed by atoms with Gasteiger partial charge in [-0.3, -0.25) is 23.4 Å². The lowest BCUT2D eigenvalue weighted by molar-refractivity contribution is -0.299. The second-order valence-electron chi connectivity index (χ2n) is 8.36. The van der Waals surface area contributed by atoms with Crippen LogP contribution in [0, 0.1) is 12.3 Å². The Morgan fingerprint density at radius 2 is 1.87 bits per heavy atom. The second kappa shape index (κ2) is 12.8. The van der Waals surface area contributed by atoms with E-state index in [2.05, 4.69) is 18.7 Å². The fourth-order valence-corrected chi connectivity index (χ4v) is 5.79. The van der Waals surface area contributed by atoms with E-state index < -0.39 is 95.4 Å². The SMILES string of the molecule is C#CC(O)CNC1C(O)[C@@H](O)C(O)O[C@@H]1OP(=O)(O)OP(=O)(O)OC[C@H]1O[C@@H](n2ccc(=O)[nH]c2=O)CC1O. The molecule has 1 aromatic heterocycles. The number of terminal acetylenes is 1. The van der Waals surface area contributed by atoms with Gasteiger partial charge < -0.3 is 50.1 Å². The molecule has 3 rings (SSSR count). The molecule has 0 spiro atoms. The number of rotatable bonds is 11. The number of hydrogen-bond donors (Lipinski definition) is 9. The molecule has 3 heterocycles. The van der Waals surface area contributed by atoms with E-state index in [1.54, 1.807) is 0 Å². The van der Waals surface area contributed by atoms with Gasteiger partial charge in [-0.2, -0.15) is 4.31 Å². The van der Waals surface area contributed by atoms with Crippen molar-refractivity contribution in [3.05, 3.63) is 33.1 Å². The average Bonchev–Trinajstić information content (AvgIpc) is 3.20. The van der Waals surface area contributed by atoms with Gasteiger partial charge in [0.2, 0.25) is 0 Å². The number of ether oxygens (including phenoxy) is 2. The highest BCUT2D eigenvalue weighted by Crippen LogP contribution is 2.61. The normalized spacial score (nSPS) is 35.0. The predicted molar refractivity (Wildman–Crippen MR) is 123 cm³/mol. The molecule has 9 N–H and O–H groups in total. The molecule has 2 saturated heterocycles. The van der Waals surface area contributed by atoms with Gasteiger partial charge in [0.05, 0.1) is 18.8 Å². The van der Waals surface area contributed by atoms with Crippen LogP contribution in [0.3, 0.4) is 0 Å². The van der Waals surface area contributed by atoms with Crippen molar-refractivity contribution in [1.82, 2.24) is 14.9 Å².